The minimum Gasteiger partial charge on any atom is -0.140 e. The van der Waals surface area contributed by atoms with Crippen LogP contribution in [0.2, 0.25) is 0 Å². The van der Waals surface area contributed by atoms with Gasteiger partial charge in [-0.15, -0.1) is 22.7 Å². The fraction of sp³-hybridized carbons (Fsp3) is 0.268. The van der Waals surface area contributed by atoms with E-state index in [-0.39, 0.29) is 5.41 Å². The van der Waals surface area contributed by atoms with E-state index in [1.807, 2.05) is 22.7 Å². The van der Waals surface area contributed by atoms with Gasteiger partial charge in [0.25, 0.3) is 0 Å². The number of hydrogen-bond donors (Lipinski definition) is 0. The van der Waals surface area contributed by atoms with Crippen molar-refractivity contribution in [3.8, 4) is 75.8 Å². The first-order valence-electron chi connectivity index (χ1n) is 27.6. The molecule has 0 unspecified atom stereocenters. The van der Waals surface area contributed by atoms with Crippen LogP contribution in [0.3, 0.4) is 0 Å². The lowest BCUT2D eigenvalue weighted by Gasteiger charge is -2.33. The summed E-state index contributed by atoms with van der Waals surface area (Å²) in [5.74, 6) is 0. The normalized spacial score (nSPS) is 12.7. The monoisotopic (exact) mass is 986 g/mol. The Labute approximate surface area is 443 Å². The number of unbranched alkanes of at least 4 members (excludes halogenated alkanes) is 10. The Morgan fingerprint density at radius 2 is 0.795 bits per heavy atom. The maximum Gasteiger partial charge on any atom is 0.0449 e. The molecule has 0 bridgehead atoms. The molecule has 0 N–H and O–H groups in total. The van der Waals surface area contributed by atoms with Gasteiger partial charge in [-0.2, -0.15) is 0 Å². The third kappa shape index (κ3) is 10.2. The largest absolute Gasteiger partial charge is 0.140 e. The fourth-order valence-electron chi connectivity index (χ4n) is 12.2. The van der Waals surface area contributed by atoms with Crippen molar-refractivity contribution in [2.24, 2.45) is 0 Å². The van der Waals surface area contributed by atoms with E-state index in [0.29, 0.717) is 0 Å². The molecule has 2 heterocycles. The van der Waals surface area contributed by atoms with Crippen LogP contribution in [-0.2, 0) is 5.41 Å². The first-order chi connectivity index (χ1) is 35.9. The van der Waals surface area contributed by atoms with Crippen molar-refractivity contribution < 1.29 is 0 Å². The van der Waals surface area contributed by atoms with Gasteiger partial charge in [0.05, 0.1) is 0 Å². The molecular weight excluding hydrogens is 917 g/mol. The van der Waals surface area contributed by atoms with Crippen LogP contribution in [0.4, 0.5) is 0 Å². The Kier molecular flexibility index (Phi) is 14.8. The molecule has 1 aliphatic rings. The minimum atomic E-state index is 0.00426. The lowest BCUT2D eigenvalue weighted by atomic mass is 9.70. The molecule has 366 valence electrons. The quantitative estimate of drug-likeness (QED) is 0.0668. The summed E-state index contributed by atoms with van der Waals surface area (Å²) in [4.78, 5) is 5.32. The van der Waals surface area contributed by atoms with Gasteiger partial charge < -0.3 is 0 Å². The Hall–Kier alpha value is -6.32. The summed E-state index contributed by atoms with van der Waals surface area (Å²) >= 11 is 3.81. The number of benzene rings is 8. The van der Waals surface area contributed by atoms with E-state index in [1.54, 1.807) is 11.1 Å². The molecule has 0 spiro atoms. The van der Waals surface area contributed by atoms with Crippen molar-refractivity contribution in [2.45, 2.75) is 123 Å². The second-order valence-electron chi connectivity index (χ2n) is 21.2. The van der Waals surface area contributed by atoms with Crippen LogP contribution in [0.5, 0.6) is 0 Å². The molecule has 0 saturated carbocycles. The van der Waals surface area contributed by atoms with Crippen LogP contribution in [0, 0.1) is 13.8 Å². The van der Waals surface area contributed by atoms with Crippen molar-refractivity contribution in [2.75, 3.05) is 0 Å². The molecule has 0 aliphatic heterocycles. The van der Waals surface area contributed by atoms with Crippen molar-refractivity contribution in [1.29, 1.82) is 0 Å². The van der Waals surface area contributed by atoms with E-state index in [4.69, 9.17) is 0 Å². The van der Waals surface area contributed by atoms with Crippen molar-refractivity contribution >= 4 is 44.2 Å². The standard InChI is InChI=1S/C71H70S2/c1-5-7-9-11-13-19-39-71(40-20-14-12-10-8-6-2)66-41-49(3)31-34-64(66)65-35-33-53(48-67(65)71)54-42-55(46-59(45-54)68-37-38-70(73-68)69-36-32-50(4)72-69)56-43-57(62-29-21-25-51-23-15-17-27-60(51)62)47-58(44-56)63-30-22-26-52-24-16-18-28-61(52)63/h15-18,21-38,41-48H,5-14,19-20,39-40H2,1-4H3. The van der Waals surface area contributed by atoms with Crippen molar-refractivity contribution in [3.05, 3.63) is 204 Å². The van der Waals surface area contributed by atoms with Crippen LogP contribution in [-0.4, -0.2) is 0 Å². The van der Waals surface area contributed by atoms with Crippen molar-refractivity contribution in [3.63, 3.8) is 0 Å². The van der Waals surface area contributed by atoms with Gasteiger partial charge in [-0.05, 0) is 187 Å². The molecule has 8 aromatic carbocycles. The first kappa shape index (κ1) is 48.9. The molecule has 2 aromatic heterocycles. The highest BCUT2D eigenvalue weighted by Gasteiger charge is 2.42. The lowest BCUT2D eigenvalue weighted by molar-refractivity contribution is 0.398. The van der Waals surface area contributed by atoms with E-state index in [1.165, 1.54) is 198 Å². The predicted octanol–water partition coefficient (Wildman–Crippen LogP) is 22.5. The van der Waals surface area contributed by atoms with Gasteiger partial charge >= 0.3 is 0 Å². The molecule has 0 radical (unpaired) electrons. The third-order valence-corrected chi connectivity index (χ3v) is 18.4. The highest BCUT2D eigenvalue weighted by atomic mass is 32.1. The highest BCUT2D eigenvalue weighted by molar-refractivity contribution is 7.23. The summed E-state index contributed by atoms with van der Waals surface area (Å²) in [7, 11) is 0. The second kappa shape index (κ2) is 22.0. The van der Waals surface area contributed by atoms with Crippen molar-refractivity contribution in [1.82, 2.24) is 0 Å². The average Bonchev–Trinajstić information content (AvgIpc) is 4.17. The summed E-state index contributed by atoms with van der Waals surface area (Å²) in [5, 5.41) is 5.06. The molecule has 10 aromatic rings. The predicted molar refractivity (Wildman–Crippen MR) is 322 cm³/mol. The van der Waals surface area contributed by atoms with Crippen LogP contribution < -0.4 is 0 Å². The van der Waals surface area contributed by atoms with E-state index in [9.17, 15) is 0 Å². The van der Waals surface area contributed by atoms with E-state index in [0.717, 1.165) is 0 Å². The molecule has 0 fully saturated rings. The zero-order chi connectivity index (χ0) is 49.7. The Morgan fingerprint density at radius 3 is 1.40 bits per heavy atom. The average molecular weight is 987 g/mol. The molecule has 11 rings (SSSR count). The van der Waals surface area contributed by atoms with Crippen LogP contribution in [0.25, 0.3) is 97.4 Å². The van der Waals surface area contributed by atoms with Gasteiger partial charge in [0.15, 0.2) is 0 Å². The van der Waals surface area contributed by atoms with Gasteiger partial charge in [-0.1, -0.05) is 212 Å². The zero-order valence-electron chi connectivity index (χ0n) is 43.5. The number of hydrogen-bond acceptors (Lipinski definition) is 2. The summed E-state index contributed by atoms with van der Waals surface area (Å²) < 4.78 is 0. The number of thiophene rings is 2. The SMILES string of the molecule is CCCCCCCCC1(CCCCCCCC)c2cc(C)ccc2-c2ccc(-c3cc(-c4cc(-c5cccc6ccccc56)cc(-c5cccc6ccccc56)c4)cc(-c4ccc(-c5ccc(C)s5)s4)c3)cc21. The number of aryl methyl sites for hydroxylation is 2. The maximum atomic E-state index is 2.66. The first-order valence-corrected chi connectivity index (χ1v) is 29.2. The molecule has 0 saturated heterocycles. The molecule has 0 atom stereocenters. The van der Waals surface area contributed by atoms with Crippen LogP contribution in [0.15, 0.2) is 182 Å². The van der Waals surface area contributed by atoms with Gasteiger partial charge in [0, 0.05) is 24.9 Å². The van der Waals surface area contributed by atoms with E-state index in [2.05, 4.69) is 210 Å². The van der Waals surface area contributed by atoms with Gasteiger partial charge in [-0.25, -0.2) is 0 Å². The maximum absolute atomic E-state index is 2.66. The smallest absolute Gasteiger partial charge is 0.0449 e. The topological polar surface area (TPSA) is 0 Å². The second-order valence-corrected chi connectivity index (χ2v) is 23.5. The Balaban J connectivity index is 1.09. The van der Waals surface area contributed by atoms with Gasteiger partial charge in [0.1, 0.15) is 0 Å². The molecule has 73 heavy (non-hydrogen) atoms. The summed E-state index contributed by atoms with van der Waals surface area (Å²) in [6.07, 6.45) is 18.2. The Bertz CT molecular complexity index is 3410. The number of rotatable bonds is 20. The fourth-order valence-corrected chi connectivity index (χ4v) is 14.2. The number of fused-ring (bicyclic) bond motifs is 5. The lowest BCUT2D eigenvalue weighted by Crippen LogP contribution is -2.25. The van der Waals surface area contributed by atoms with Crippen LogP contribution >= 0.6 is 22.7 Å². The molecule has 0 nitrogen and oxygen atoms in total. The highest BCUT2D eigenvalue weighted by Crippen LogP contribution is 2.56. The Morgan fingerprint density at radius 1 is 0.329 bits per heavy atom. The molecule has 1 aliphatic carbocycles. The van der Waals surface area contributed by atoms with Gasteiger partial charge in [-0.3, -0.25) is 0 Å². The third-order valence-electron chi connectivity index (χ3n) is 16.0. The van der Waals surface area contributed by atoms with Gasteiger partial charge in [0.2, 0.25) is 0 Å². The summed E-state index contributed by atoms with van der Waals surface area (Å²) in [6, 6.07) is 70.3. The zero-order valence-corrected chi connectivity index (χ0v) is 45.2. The van der Waals surface area contributed by atoms with E-state index >= 15 is 0 Å². The summed E-state index contributed by atoms with van der Waals surface area (Å²) in [6.45, 7) is 9.18. The minimum absolute atomic E-state index is 0.00426. The molecular formula is C71H70S2. The van der Waals surface area contributed by atoms with Crippen LogP contribution in [0.1, 0.15) is 125 Å². The van der Waals surface area contributed by atoms with E-state index < -0.39 is 0 Å². The summed E-state index contributed by atoms with van der Waals surface area (Å²) in [5.41, 5.74) is 18.7. The molecule has 0 amide bonds. The molecule has 2 heteroatoms.